The first-order valence-electron chi connectivity index (χ1n) is 8.54. The molecule has 0 N–H and O–H groups in total. The molecule has 0 amide bonds. The van der Waals surface area contributed by atoms with Crippen LogP contribution in [0.15, 0.2) is 52.0 Å². The molecular weight excluding hydrogens is 384 g/mol. The summed E-state index contributed by atoms with van der Waals surface area (Å²) < 4.78 is 31.7. The number of hydrogen-bond acceptors (Lipinski definition) is 6. The fourth-order valence-corrected chi connectivity index (χ4v) is 4.95. The zero-order valence-corrected chi connectivity index (χ0v) is 16.9. The lowest BCUT2D eigenvalue weighted by molar-refractivity contribution is -0.129. The minimum absolute atomic E-state index is 0.173. The third kappa shape index (κ3) is 4.02. The number of carbonyl (C=O) groups excluding carboxylic acids is 1. The second-order valence-electron chi connectivity index (χ2n) is 5.90. The Morgan fingerprint density at radius 1 is 1.11 bits per heavy atom. The normalized spacial score (nSPS) is 16.1. The van der Waals surface area contributed by atoms with E-state index in [1.807, 2.05) is 19.1 Å². The Labute approximate surface area is 162 Å². The van der Waals surface area contributed by atoms with Crippen LogP contribution in [0.4, 0.5) is 0 Å². The van der Waals surface area contributed by atoms with Gasteiger partial charge in [-0.05, 0) is 49.4 Å². The smallest absolute Gasteiger partial charge is 0.363 e. The van der Waals surface area contributed by atoms with E-state index in [1.165, 1.54) is 16.4 Å². The first kappa shape index (κ1) is 19.5. The van der Waals surface area contributed by atoms with Crippen molar-refractivity contribution in [1.82, 2.24) is 4.31 Å². The molecule has 2 aromatic rings. The second kappa shape index (κ2) is 7.75. The molecule has 0 unspecified atom stereocenters. The molecule has 1 aromatic carbocycles. The molecule has 0 saturated carbocycles. The van der Waals surface area contributed by atoms with Crippen LogP contribution in [-0.2, 0) is 19.6 Å². The maximum absolute atomic E-state index is 12.5. The van der Waals surface area contributed by atoms with E-state index >= 15 is 0 Å². The molecule has 0 fully saturated rings. The number of esters is 1. The second-order valence-corrected chi connectivity index (χ2v) is 9.16. The molecule has 3 rings (SSSR count). The van der Waals surface area contributed by atoms with E-state index in [1.54, 1.807) is 43.4 Å². The number of aliphatic imine (C=N–C) groups is 1. The average Bonchev–Trinajstić information content (AvgIpc) is 3.22. The predicted molar refractivity (Wildman–Crippen MR) is 106 cm³/mol. The Morgan fingerprint density at radius 2 is 1.78 bits per heavy atom. The SMILES string of the molecule is CCN(CC)S(=O)(=O)c1ccc(C2=N/C(=C\c3ccc(C)s3)C(=O)O2)cc1. The van der Waals surface area contributed by atoms with Gasteiger partial charge in [-0.1, -0.05) is 13.8 Å². The molecule has 2 heterocycles. The summed E-state index contributed by atoms with van der Waals surface area (Å²) in [4.78, 5) is 18.6. The molecule has 0 saturated heterocycles. The molecule has 0 atom stereocenters. The van der Waals surface area contributed by atoms with E-state index in [4.69, 9.17) is 4.74 Å². The monoisotopic (exact) mass is 404 g/mol. The summed E-state index contributed by atoms with van der Waals surface area (Å²) in [7, 11) is -3.53. The van der Waals surface area contributed by atoms with Gasteiger partial charge in [0.2, 0.25) is 15.9 Å². The average molecular weight is 405 g/mol. The molecule has 6 nitrogen and oxygen atoms in total. The Balaban J connectivity index is 1.86. The zero-order valence-electron chi connectivity index (χ0n) is 15.3. The van der Waals surface area contributed by atoms with E-state index in [0.29, 0.717) is 18.7 Å². The maximum atomic E-state index is 12.5. The van der Waals surface area contributed by atoms with Crippen LogP contribution in [0.5, 0.6) is 0 Å². The molecule has 0 spiro atoms. The van der Waals surface area contributed by atoms with Crippen LogP contribution in [0.25, 0.3) is 6.08 Å². The molecule has 0 aliphatic carbocycles. The van der Waals surface area contributed by atoms with Gasteiger partial charge in [-0.3, -0.25) is 0 Å². The van der Waals surface area contributed by atoms with Gasteiger partial charge >= 0.3 is 5.97 Å². The molecule has 1 aliphatic heterocycles. The van der Waals surface area contributed by atoms with Crippen molar-refractivity contribution in [3.63, 3.8) is 0 Å². The highest BCUT2D eigenvalue weighted by Gasteiger charge is 2.26. The van der Waals surface area contributed by atoms with Crippen molar-refractivity contribution in [3.8, 4) is 0 Å². The molecule has 27 heavy (non-hydrogen) atoms. The van der Waals surface area contributed by atoms with Gasteiger partial charge in [-0.25, -0.2) is 18.2 Å². The van der Waals surface area contributed by atoms with Gasteiger partial charge in [0.05, 0.1) is 4.90 Å². The van der Waals surface area contributed by atoms with E-state index in [9.17, 15) is 13.2 Å². The minimum atomic E-state index is -3.53. The molecule has 142 valence electrons. The summed E-state index contributed by atoms with van der Waals surface area (Å²) in [5.41, 5.74) is 0.777. The number of thiophene rings is 1. The zero-order chi connectivity index (χ0) is 19.6. The lowest BCUT2D eigenvalue weighted by Gasteiger charge is -2.18. The number of hydrogen-bond donors (Lipinski definition) is 0. The number of rotatable bonds is 6. The van der Waals surface area contributed by atoms with Gasteiger partial charge in [-0.2, -0.15) is 4.31 Å². The van der Waals surface area contributed by atoms with Gasteiger partial charge in [-0.15, -0.1) is 11.3 Å². The highest BCUT2D eigenvalue weighted by atomic mass is 32.2. The molecule has 1 aliphatic rings. The van der Waals surface area contributed by atoms with Gasteiger partial charge < -0.3 is 4.74 Å². The van der Waals surface area contributed by atoms with Crippen molar-refractivity contribution in [2.75, 3.05) is 13.1 Å². The van der Waals surface area contributed by atoms with Crippen LogP contribution in [0.2, 0.25) is 0 Å². The number of ether oxygens (including phenoxy) is 1. The van der Waals surface area contributed by atoms with Crippen LogP contribution in [0.3, 0.4) is 0 Å². The first-order valence-corrected chi connectivity index (χ1v) is 10.8. The van der Waals surface area contributed by atoms with Crippen molar-refractivity contribution in [2.45, 2.75) is 25.7 Å². The summed E-state index contributed by atoms with van der Waals surface area (Å²) in [6.45, 7) is 6.39. The molecule has 0 radical (unpaired) electrons. The lowest BCUT2D eigenvalue weighted by atomic mass is 10.2. The number of benzene rings is 1. The molecule has 8 heteroatoms. The number of sulfonamides is 1. The topological polar surface area (TPSA) is 76.0 Å². The summed E-state index contributed by atoms with van der Waals surface area (Å²) in [5, 5.41) is 0. The molecule has 0 bridgehead atoms. The summed E-state index contributed by atoms with van der Waals surface area (Å²) >= 11 is 1.56. The van der Waals surface area contributed by atoms with Crippen molar-refractivity contribution in [2.24, 2.45) is 4.99 Å². The largest absolute Gasteiger partial charge is 0.402 e. The first-order chi connectivity index (χ1) is 12.8. The van der Waals surface area contributed by atoms with Gasteiger partial charge in [0.15, 0.2) is 5.70 Å². The number of carbonyl (C=O) groups is 1. The van der Waals surface area contributed by atoms with Crippen LogP contribution in [-0.4, -0.2) is 37.7 Å². The minimum Gasteiger partial charge on any atom is -0.402 e. The number of cyclic esters (lactones) is 1. The Hall–Kier alpha value is -2.29. The number of nitrogens with zero attached hydrogens (tertiary/aromatic N) is 2. The fourth-order valence-electron chi connectivity index (χ4n) is 2.68. The van der Waals surface area contributed by atoms with Gasteiger partial charge in [0, 0.05) is 28.4 Å². The highest BCUT2D eigenvalue weighted by Crippen LogP contribution is 2.24. The molecule has 1 aromatic heterocycles. The van der Waals surface area contributed by atoms with Crippen LogP contribution in [0, 0.1) is 6.92 Å². The van der Waals surface area contributed by atoms with Gasteiger partial charge in [0.1, 0.15) is 0 Å². The Morgan fingerprint density at radius 3 is 2.33 bits per heavy atom. The maximum Gasteiger partial charge on any atom is 0.363 e. The van der Waals surface area contributed by atoms with Crippen LogP contribution >= 0.6 is 11.3 Å². The van der Waals surface area contributed by atoms with E-state index < -0.39 is 16.0 Å². The van der Waals surface area contributed by atoms with Crippen molar-refractivity contribution in [1.29, 1.82) is 0 Å². The van der Waals surface area contributed by atoms with Crippen LogP contribution in [0.1, 0.15) is 29.2 Å². The van der Waals surface area contributed by atoms with E-state index in [0.717, 1.165) is 9.75 Å². The summed E-state index contributed by atoms with van der Waals surface area (Å²) in [5.74, 6) is -0.345. The van der Waals surface area contributed by atoms with Crippen molar-refractivity contribution < 1.29 is 17.9 Å². The Kier molecular flexibility index (Phi) is 5.59. The van der Waals surface area contributed by atoms with Gasteiger partial charge in [0.25, 0.3) is 0 Å². The summed E-state index contributed by atoms with van der Waals surface area (Å²) in [6, 6.07) is 10.1. The fraction of sp³-hybridized carbons (Fsp3) is 0.263. The van der Waals surface area contributed by atoms with Crippen molar-refractivity contribution in [3.05, 3.63) is 57.4 Å². The third-order valence-corrected chi connectivity index (χ3v) is 7.12. The van der Waals surface area contributed by atoms with E-state index in [2.05, 4.69) is 4.99 Å². The van der Waals surface area contributed by atoms with Crippen LogP contribution < -0.4 is 0 Å². The third-order valence-electron chi connectivity index (χ3n) is 4.11. The highest BCUT2D eigenvalue weighted by molar-refractivity contribution is 7.89. The molecular formula is C19H20N2O4S2. The summed E-state index contributed by atoms with van der Waals surface area (Å²) in [6.07, 6.45) is 1.69. The Bertz CT molecular complexity index is 1010. The standard InChI is InChI=1S/C19H20N2O4S2/c1-4-21(5-2)27(23,24)16-10-7-14(8-11-16)18-20-17(19(22)25-18)12-15-9-6-13(3)26-15/h6-12H,4-5H2,1-3H3/b17-12-. The lowest BCUT2D eigenvalue weighted by Crippen LogP contribution is -2.30. The van der Waals surface area contributed by atoms with E-state index in [-0.39, 0.29) is 16.5 Å². The predicted octanol–water partition coefficient (Wildman–Crippen LogP) is 3.43. The number of aryl methyl sites for hydroxylation is 1. The quantitative estimate of drug-likeness (QED) is 0.546. The van der Waals surface area contributed by atoms with Crippen molar-refractivity contribution >= 4 is 39.3 Å².